The average Bonchev–Trinajstić information content (AvgIpc) is 2.47. The first kappa shape index (κ1) is 13.4. The average molecular weight is 275 g/mol. The molecule has 0 spiro atoms. The van der Waals surface area contributed by atoms with Gasteiger partial charge in [-0.3, -0.25) is 9.78 Å². The maximum absolute atomic E-state index is 12.3. The molecule has 1 aromatic rings. The third-order valence-corrected chi connectivity index (χ3v) is 4.16. The lowest BCUT2D eigenvalue weighted by molar-refractivity contribution is 0.0488. The number of morpholine rings is 1. The third-order valence-electron chi connectivity index (χ3n) is 4.16. The Labute approximate surface area is 119 Å². The van der Waals surface area contributed by atoms with E-state index in [9.17, 15) is 4.79 Å². The number of carbonyl (C=O) groups excluding carboxylic acids is 1. The van der Waals surface area contributed by atoms with Crippen LogP contribution in [0.2, 0.25) is 0 Å². The van der Waals surface area contributed by atoms with Crippen LogP contribution < -0.4 is 4.90 Å². The fraction of sp³-hybridized carbons (Fsp3) is 0.600. The van der Waals surface area contributed by atoms with Crippen molar-refractivity contribution in [1.29, 1.82) is 0 Å². The number of hydrogen-bond acceptors (Lipinski definition) is 4. The summed E-state index contributed by atoms with van der Waals surface area (Å²) >= 11 is 0. The molecule has 1 aromatic heterocycles. The number of amides is 1. The Morgan fingerprint density at radius 2 is 2.15 bits per heavy atom. The van der Waals surface area contributed by atoms with Gasteiger partial charge in [0.1, 0.15) is 5.69 Å². The van der Waals surface area contributed by atoms with E-state index in [-0.39, 0.29) is 5.91 Å². The van der Waals surface area contributed by atoms with E-state index in [1.807, 2.05) is 17.0 Å². The molecule has 0 bridgehead atoms. The zero-order chi connectivity index (χ0) is 13.9. The highest BCUT2D eigenvalue weighted by atomic mass is 16.5. The van der Waals surface area contributed by atoms with Crippen molar-refractivity contribution in [3.05, 3.63) is 24.0 Å². The summed E-state index contributed by atoms with van der Waals surface area (Å²) in [6.45, 7) is 7.16. The summed E-state index contributed by atoms with van der Waals surface area (Å²) in [5.41, 5.74) is 1.63. The van der Waals surface area contributed by atoms with Gasteiger partial charge in [-0.1, -0.05) is 6.92 Å². The van der Waals surface area contributed by atoms with Crippen molar-refractivity contribution < 1.29 is 9.53 Å². The van der Waals surface area contributed by atoms with Crippen LogP contribution in [-0.4, -0.2) is 55.2 Å². The maximum Gasteiger partial charge on any atom is 0.272 e. The van der Waals surface area contributed by atoms with Crippen molar-refractivity contribution in [3.8, 4) is 0 Å². The molecular weight excluding hydrogens is 254 g/mol. The van der Waals surface area contributed by atoms with Crippen LogP contribution in [0.15, 0.2) is 18.3 Å². The maximum atomic E-state index is 12.3. The molecule has 2 fully saturated rings. The molecule has 3 rings (SSSR count). The van der Waals surface area contributed by atoms with Gasteiger partial charge in [-0.25, -0.2) is 0 Å². The molecule has 108 valence electrons. The highest BCUT2D eigenvalue weighted by Gasteiger charge is 2.30. The highest BCUT2D eigenvalue weighted by molar-refractivity contribution is 5.93. The Kier molecular flexibility index (Phi) is 3.87. The standard InChI is InChI=1S/C15H21N3O2/c1-2-12-10-18(11-12)15(19)14-9-13(3-4-16-14)17-5-7-20-8-6-17/h3-4,9,12H,2,5-8,10-11H2,1H3. The molecule has 2 aliphatic heterocycles. The van der Waals surface area contributed by atoms with Crippen molar-refractivity contribution in [1.82, 2.24) is 9.88 Å². The second kappa shape index (κ2) is 5.79. The lowest BCUT2D eigenvalue weighted by atomic mass is 9.97. The summed E-state index contributed by atoms with van der Waals surface area (Å²) in [6, 6.07) is 3.87. The number of hydrogen-bond donors (Lipinski definition) is 0. The van der Waals surface area contributed by atoms with Gasteiger partial charge < -0.3 is 14.5 Å². The van der Waals surface area contributed by atoms with Gasteiger partial charge in [0.25, 0.3) is 5.91 Å². The molecule has 0 aliphatic carbocycles. The monoisotopic (exact) mass is 275 g/mol. The number of aromatic nitrogens is 1. The number of ether oxygens (including phenoxy) is 1. The second-order valence-electron chi connectivity index (χ2n) is 5.48. The van der Waals surface area contributed by atoms with E-state index in [2.05, 4.69) is 16.8 Å². The first-order valence-corrected chi connectivity index (χ1v) is 7.36. The summed E-state index contributed by atoms with van der Waals surface area (Å²) in [5, 5.41) is 0. The van der Waals surface area contributed by atoms with E-state index < -0.39 is 0 Å². The molecule has 0 saturated carbocycles. The summed E-state index contributed by atoms with van der Waals surface area (Å²) in [7, 11) is 0. The zero-order valence-electron chi connectivity index (χ0n) is 11.9. The van der Waals surface area contributed by atoms with E-state index in [0.717, 1.165) is 51.5 Å². The van der Waals surface area contributed by atoms with Gasteiger partial charge in [-0.15, -0.1) is 0 Å². The van der Waals surface area contributed by atoms with E-state index in [4.69, 9.17) is 4.74 Å². The number of carbonyl (C=O) groups is 1. The number of pyridine rings is 1. The minimum atomic E-state index is 0.0600. The van der Waals surface area contributed by atoms with Crippen molar-refractivity contribution in [2.75, 3.05) is 44.3 Å². The minimum Gasteiger partial charge on any atom is -0.378 e. The van der Waals surface area contributed by atoms with E-state index in [0.29, 0.717) is 11.6 Å². The molecule has 5 heteroatoms. The van der Waals surface area contributed by atoms with Gasteiger partial charge in [0.2, 0.25) is 0 Å². The molecule has 0 radical (unpaired) electrons. The van der Waals surface area contributed by atoms with Gasteiger partial charge in [0.15, 0.2) is 0 Å². The number of likely N-dealkylation sites (tertiary alicyclic amines) is 1. The third kappa shape index (κ3) is 2.63. The smallest absolute Gasteiger partial charge is 0.272 e. The van der Waals surface area contributed by atoms with Crippen LogP contribution >= 0.6 is 0 Å². The van der Waals surface area contributed by atoms with Crippen molar-refractivity contribution in [3.63, 3.8) is 0 Å². The predicted molar refractivity (Wildman–Crippen MR) is 77.0 cm³/mol. The number of nitrogens with zero attached hydrogens (tertiary/aromatic N) is 3. The molecule has 0 N–H and O–H groups in total. The highest BCUT2D eigenvalue weighted by Crippen LogP contribution is 2.22. The Bertz CT molecular complexity index is 480. The summed E-state index contributed by atoms with van der Waals surface area (Å²) in [4.78, 5) is 20.7. The van der Waals surface area contributed by atoms with E-state index in [1.165, 1.54) is 0 Å². The first-order valence-electron chi connectivity index (χ1n) is 7.36. The Hall–Kier alpha value is -1.62. The lowest BCUT2D eigenvalue weighted by Gasteiger charge is -2.38. The minimum absolute atomic E-state index is 0.0600. The largest absolute Gasteiger partial charge is 0.378 e. The van der Waals surface area contributed by atoms with Gasteiger partial charge in [0, 0.05) is 38.1 Å². The van der Waals surface area contributed by atoms with Crippen LogP contribution in [0, 0.1) is 5.92 Å². The van der Waals surface area contributed by atoms with Crippen molar-refractivity contribution in [2.45, 2.75) is 13.3 Å². The van der Waals surface area contributed by atoms with Crippen molar-refractivity contribution >= 4 is 11.6 Å². The van der Waals surface area contributed by atoms with Gasteiger partial charge in [0.05, 0.1) is 13.2 Å². The van der Waals surface area contributed by atoms with E-state index in [1.54, 1.807) is 6.20 Å². The number of anilines is 1. The van der Waals surface area contributed by atoms with E-state index >= 15 is 0 Å². The summed E-state index contributed by atoms with van der Waals surface area (Å²) in [5.74, 6) is 0.728. The van der Waals surface area contributed by atoms with Crippen LogP contribution in [0.1, 0.15) is 23.8 Å². The lowest BCUT2D eigenvalue weighted by Crippen LogP contribution is -2.49. The Balaban J connectivity index is 1.69. The predicted octanol–water partition coefficient (Wildman–Crippen LogP) is 1.40. The van der Waals surface area contributed by atoms with Gasteiger partial charge in [-0.2, -0.15) is 0 Å². The topological polar surface area (TPSA) is 45.7 Å². The molecule has 20 heavy (non-hydrogen) atoms. The fourth-order valence-corrected chi connectivity index (χ4v) is 2.71. The second-order valence-corrected chi connectivity index (χ2v) is 5.48. The molecular formula is C15H21N3O2. The first-order chi connectivity index (χ1) is 9.78. The number of rotatable bonds is 3. The fourth-order valence-electron chi connectivity index (χ4n) is 2.71. The van der Waals surface area contributed by atoms with Gasteiger partial charge >= 0.3 is 0 Å². The molecule has 0 atom stereocenters. The molecule has 5 nitrogen and oxygen atoms in total. The quantitative estimate of drug-likeness (QED) is 0.836. The zero-order valence-corrected chi connectivity index (χ0v) is 11.9. The van der Waals surface area contributed by atoms with Crippen LogP contribution in [0.4, 0.5) is 5.69 Å². The summed E-state index contributed by atoms with van der Waals surface area (Å²) < 4.78 is 5.36. The van der Waals surface area contributed by atoms with Crippen LogP contribution in [0.3, 0.4) is 0 Å². The Morgan fingerprint density at radius 3 is 2.85 bits per heavy atom. The summed E-state index contributed by atoms with van der Waals surface area (Å²) in [6.07, 6.45) is 2.88. The SMILES string of the molecule is CCC1CN(C(=O)c2cc(N3CCOCC3)ccn2)C1. The van der Waals surface area contributed by atoms with Crippen LogP contribution in [0.5, 0.6) is 0 Å². The molecule has 0 unspecified atom stereocenters. The van der Waals surface area contributed by atoms with Gasteiger partial charge in [-0.05, 0) is 24.5 Å². The molecule has 3 heterocycles. The normalized spacial score (nSPS) is 19.9. The molecule has 2 aliphatic rings. The van der Waals surface area contributed by atoms with Crippen LogP contribution in [-0.2, 0) is 4.74 Å². The molecule has 1 amide bonds. The Morgan fingerprint density at radius 1 is 1.40 bits per heavy atom. The molecule has 0 aromatic carbocycles. The molecule has 2 saturated heterocycles. The van der Waals surface area contributed by atoms with Crippen molar-refractivity contribution in [2.24, 2.45) is 5.92 Å². The van der Waals surface area contributed by atoms with Crippen LogP contribution in [0.25, 0.3) is 0 Å².